The molecule has 0 radical (unpaired) electrons. The lowest BCUT2D eigenvalue weighted by atomic mass is 10.0. The number of hydrogen-bond acceptors (Lipinski definition) is 4. The molecule has 2 aliphatic rings. The van der Waals surface area contributed by atoms with Gasteiger partial charge in [-0.2, -0.15) is 5.10 Å². The normalized spacial score (nSPS) is 22.6. The summed E-state index contributed by atoms with van der Waals surface area (Å²) >= 11 is 0. The van der Waals surface area contributed by atoms with Crippen LogP contribution in [-0.2, 0) is 11.3 Å². The summed E-state index contributed by atoms with van der Waals surface area (Å²) in [6, 6.07) is 2.51. The van der Waals surface area contributed by atoms with Crippen molar-refractivity contribution in [3.05, 3.63) is 18.5 Å². The Hall–Kier alpha value is -1.40. The number of aromatic nitrogens is 2. The average Bonchev–Trinajstić information content (AvgIpc) is 3.01. The molecule has 0 spiro atoms. The number of piperidine rings is 1. The number of likely N-dealkylation sites (tertiary alicyclic amines) is 1. The maximum absolute atomic E-state index is 12.2. The first-order chi connectivity index (χ1) is 10.2. The van der Waals surface area contributed by atoms with E-state index >= 15 is 0 Å². The van der Waals surface area contributed by atoms with Gasteiger partial charge in [0.25, 0.3) is 0 Å². The Morgan fingerprint density at radius 1 is 1.14 bits per heavy atom. The van der Waals surface area contributed by atoms with Crippen LogP contribution in [-0.4, -0.2) is 82.7 Å². The number of nitrogens with zero attached hydrogens (tertiary/aromatic N) is 5. The Labute approximate surface area is 126 Å². The molecule has 0 unspecified atom stereocenters. The van der Waals surface area contributed by atoms with E-state index in [-0.39, 0.29) is 5.91 Å². The van der Waals surface area contributed by atoms with Gasteiger partial charge in [-0.05, 0) is 26.0 Å². The van der Waals surface area contributed by atoms with Gasteiger partial charge >= 0.3 is 0 Å². The molecule has 2 fully saturated rings. The molecule has 6 nitrogen and oxygen atoms in total. The molecule has 3 rings (SSSR count). The van der Waals surface area contributed by atoms with Crippen LogP contribution in [0.4, 0.5) is 0 Å². The molecule has 2 aliphatic heterocycles. The van der Waals surface area contributed by atoms with Crippen molar-refractivity contribution in [2.45, 2.75) is 25.4 Å². The first-order valence-corrected chi connectivity index (χ1v) is 7.90. The van der Waals surface area contributed by atoms with E-state index in [2.05, 4.69) is 21.9 Å². The fourth-order valence-corrected chi connectivity index (χ4v) is 3.30. The first-order valence-electron chi connectivity index (χ1n) is 7.90. The van der Waals surface area contributed by atoms with Gasteiger partial charge in [0.2, 0.25) is 5.91 Å². The monoisotopic (exact) mass is 291 g/mol. The number of likely N-dealkylation sites (N-methyl/N-ethyl adjacent to an activating group) is 1. The highest BCUT2D eigenvalue weighted by molar-refractivity contribution is 5.76. The molecular weight excluding hydrogens is 266 g/mol. The number of carbonyl (C=O) groups is 1. The summed E-state index contributed by atoms with van der Waals surface area (Å²) in [6.07, 6.45) is 5.77. The van der Waals surface area contributed by atoms with Crippen LogP contribution in [0.5, 0.6) is 0 Å². The van der Waals surface area contributed by atoms with E-state index < -0.39 is 0 Å². The molecule has 0 aliphatic carbocycles. The van der Waals surface area contributed by atoms with E-state index in [4.69, 9.17) is 0 Å². The topological polar surface area (TPSA) is 44.6 Å². The van der Waals surface area contributed by atoms with Gasteiger partial charge in [-0.3, -0.25) is 14.4 Å². The van der Waals surface area contributed by atoms with Crippen LogP contribution in [0.2, 0.25) is 0 Å². The highest BCUT2D eigenvalue weighted by Gasteiger charge is 2.28. The van der Waals surface area contributed by atoms with Crippen molar-refractivity contribution in [1.29, 1.82) is 0 Å². The summed E-state index contributed by atoms with van der Waals surface area (Å²) in [7, 11) is 2.19. The molecule has 0 saturated carbocycles. The number of amides is 1. The summed E-state index contributed by atoms with van der Waals surface area (Å²) < 4.78 is 1.70. The minimum absolute atomic E-state index is 0.190. The molecule has 1 aromatic heterocycles. The molecule has 3 heterocycles. The third-order valence-corrected chi connectivity index (χ3v) is 4.73. The third kappa shape index (κ3) is 3.63. The van der Waals surface area contributed by atoms with E-state index in [1.54, 1.807) is 10.9 Å². The predicted octanol–water partition coefficient (Wildman–Crippen LogP) is 0.122. The Morgan fingerprint density at radius 2 is 1.86 bits per heavy atom. The van der Waals surface area contributed by atoms with Crippen molar-refractivity contribution in [3.63, 3.8) is 0 Å². The van der Waals surface area contributed by atoms with Crippen molar-refractivity contribution in [1.82, 2.24) is 24.5 Å². The van der Waals surface area contributed by atoms with Gasteiger partial charge in [0.15, 0.2) is 0 Å². The summed E-state index contributed by atoms with van der Waals surface area (Å²) in [6.45, 7) is 6.81. The number of carbonyl (C=O) groups excluding carboxylic acids is 1. The van der Waals surface area contributed by atoms with Crippen LogP contribution in [0.1, 0.15) is 12.8 Å². The molecular formula is C15H25N5O. The molecule has 21 heavy (non-hydrogen) atoms. The zero-order valence-electron chi connectivity index (χ0n) is 12.8. The molecule has 2 saturated heterocycles. The van der Waals surface area contributed by atoms with Crippen LogP contribution >= 0.6 is 0 Å². The van der Waals surface area contributed by atoms with E-state index in [9.17, 15) is 4.79 Å². The predicted molar refractivity (Wildman–Crippen MR) is 80.9 cm³/mol. The number of rotatable bonds is 3. The Balaban J connectivity index is 1.45. The molecule has 0 atom stereocenters. The van der Waals surface area contributed by atoms with Gasteiger partial charge < -0.3 is 9.80 Å². The molecule has 0 N–H and O–H groups in total. The molecule has 6 heteroatoms. The second-order valence-electron chi connectivity index (χ2n) is 6.15. The highest BCUT2D eigenvalue weighted by Crippen LogP contribution is 2.18. The molecule has 0 aromatic carbocycles. The Bertz CT molecular complexity index is 445. The second kappa shape index (κ2) is 6.58. The van der Waals surface area contributed by atoms with Gasteiger partial charge in [-0.1, -0.05) is 0 Å². The Kier molecular flexibility index (Phi) is 4.55. The zero-order valence-corrected chi connectivity index (χ0v) is 12.8. The van der Waals surface area contributed by atoms with Gasteiger partial charge in [0.05, 0.1) is 0 Å². The van der Waals surface area contributed by atoms with Crippen molar-refractivity contribution < 1.29 is 4.79 Å². The molecule has 0 bridgehead atoms. The largest absolute Gasteiger partial charge is 0.341 e. The average molecular weight is 291 g/mol. The van der Waals surface area contributed by atoms with Gasteiger partial charge in [0.1, 0.15) is 6.54 Å². The minimum atomic E-state index is 0.190. The maximum atomic E-state index is 12.2. The second-order valence-corrected chi connectivity index (χ2v) is 6.15. The smallest absolute Gasteiger partial charge is 0.244 e. The van der Waals surface area contributed by atoms with Crippen molar-refractivity contribution in [2.75, 3.05) is 46.3 Å². The fraction of sp³-hybridized carbons (Fsp3) is 0.733. The summed E-state index contributed by atoms with van der Waals surface area (Å²) in [5.41, 5.74) is 0. The van der Waals surface area contributed by atoms with E-state index in [1.807, 2.05) is 17.2 Å². The maximum Gasteiger partial charge on any atom is 0.244 e. The summed E-state index contributed by atoms with van der Waals surface area (Å²) in [5, 5.41) is 4.10. The van der Waals surface area contributed by atoms with Crippen molar-refractivity contribution >= 4 is 5.91 Å². The van der Waals surface area contributed by atoms with E-state index in [1.165, 1.54) is 26.2 Å². The lowest BCUT2D eigenvalue weighted by Crippen LogP contribution is -2.53. The number of hydrogen-bond donors (Lipinski definition) is 0. The van der Waals surface area contributed by atoms with Crippen molar-refractivity contribution in [3.8, 4) is 0 Å². The zero-order chi connectivity index (χ0) is 14.7. The third-order valence-electron chi connectivity index (χ3n) is 4.73. The lowest BCUT2D eigenvalue weighted by Gasteiger charge is -2.42. The SMILES string of the molecule is CN1CCN(C2CCN(C(=O)Cn3cccn3)CC2)CC1. The molecule has 116 valence electrons. The van der Waals surface area contributed by atoms with Crippen LogP contribution in [0.3, 0.4) is 0 Å². The highest BCUT2D eigenvalue weighted by atomic mass is 16.2. The van der Waals surface area contributed by atoms with Crippen LogP contribution in [0.25, 0.3) is 0 Å². The van der Waals surface area contributed by atoms with Gasteiger partial charge in [-0.25, -0.2) is 0 Å². The first kappa shape index (κ1) is 14.5. The van der Waals surface area contributed by atoms with Crippen LogP contribution in [0, 0.1) is 0 Å². The molecule has 1 aromatic rings. The van der Waals surface area contributed by atoms with Gasteiger partial charge in [0, 0.05) is 57.7 Å². The van der Waals surface area contributed by atoms with E-state index in [0.29, 0.717) is 12.6 Å². The summed E-state index contributed by atoms with van der Waals surface area (Å²) in [5.74, 6) is 0.190. The minimum Gasteiger partial charge on any atom is -0.341 e. The van der Waals surface area contributed by atoms with Crippen LogP contribution < -0.4 is 0 Å². The van der Waals surface area contributed by atoms with Crippen molar-refractivity contribution in [2.24, 2.45) is 0 Å². The lowest BCUT2D eigenvalue weighted by molar-refractivity contribution is -0.133. The molecule has 1 amide bonds. The fourth-order valence-electron chi connectivity index (χ4n) is 3.30. The summed E-state index contributed by atoms with van der Waals surface area (Å²) in [4.78, 5) is 19.2. The van der Waals surface area contributed by atoms with Gasteiger partial charge in [-0.15, -0.1) is 0 Å². The standard InChI is InChI=1S/C15H25N5O/c1-17-9-11-18(12-10-17)14-3-7-19(8-4-14)15(21)13-20-6-2-5-16-20/h2,5-6,14H,3-4,7-13H2,1H3. The Morgan fingerprint density at radius 3 is 2.48 bits per heavy atom. The number of piperazine rings is 1. The quantitative estimate of drug-likeness (QED) is 0.793. The van der Waals surface area contributed by atoms with E-state index in [0.717, 1.165) is 25.9 Å². The van der Waals surface area contributed by atoms with Crippen LogP contribution in [0.15, 0.2) is 18.5 Å².